The summed E-state index contributed by atoms with van der Waals surface area (Å²) >= 11 is 0. The highest BCUT2D eigenvalue weighted by Crippen LogP contribution is 2.24. The highest BCUT2D eigenvalue weighted by atomic mass is 16.5. The molecule has 3 N–H and O–H groups in total. The molecule has 13 heavy (non-hydrogen) atoms. The first-order chi connectivity index (χ1) is 6.40. The number of nitrogens with one attached hydrogen (secondary N) is 1. The van der Waals surface area contributed by atoms with Crippen molar-refractivity contribution < 1.29 is 4.74 Å². The fourth-order valence-corrected chi connectivity index (χ4v) is 1.49. The number of rotatable bonds is 2. The van der Waals surface area contributed by atoms with Crippen molar-refractivity contribution in [1.29, 1.82) is 0 Å². The second kappa shape index (κ2) is 3.85. The molecule has 72 valence electrons. The van der Waals surface area contributed by atoms with Crippen molar-refractivity contribution in [2.75, 3.05) is 6.61 Å². The molecule has 5 heteroatoms. The zero-order chi connectivity index (χ0) is 9.10. The van der Waals surface area contributed by atoms with E-state index < -0.39 is 0 Å². The van der Waals surface area contributed by atoms with Crippen LogP contribution in [0.4, 0.5) is 0 Å². The van der Waals surface area contributed by atoms with Gasteiger partial charge in [-0.3, -0.25) is 5.10 Å². The molecule has 2 heterocycles. The molecule has 5 nitrogen and oxygen atoms in total. The molecule has 1 fully saturated rings. The molecule has 0 aliphatic carbocycles. The van der Waals surface area contributed by atoms with Gasteiger partial charge in [0.2, 0.25) is 0 Å². The summed E-state index contributed by atoms with van der Waals surface area (Å²) in [5, 5.41) is 6.86. The number of nitrogens with two attached hydrogens (primary N) is 1. The van der Waals surface area contributed by atoms with Crippen molar-refractivity contribution in [3.63, 3.8) is 0 Å². The minimum absolute atomic E-state index is 0.0744. The lowest BCUT2D eigenvalue weighted by atomic mass is 10.1. The number of hydrogen-bond donors (Lipinski definition) is 2. The number of nitrogens with zero attached hydrogens (tertiary/aromatic N) is 2. The molecule has 1 aromatic rings. The molecule has 2 rings (SSSR count). The molecule has 0 aromatic carbocycles. The number of ether oxygens (including phenoxy) is 1. The lowest BCUT2D eigenvalue weighted by molar-refractivity contribution is 0.00963. The van der Waals surface area contributed by atoms with Gasteiger partial charge in [0.25, 0.3) is 0 Å². The Bertz CT molecular complexity index is 267. The van der Waals surface area contributed by atoms with Gasteiger partial charge in [-0.25, -0.2) is 4.98 Å². The van der Waals surface area contributed by atoms with Gasteiger partial charge in [0.15, 0.2) is 5.82 Å². The standard InChI is InChI=1S/C8H14N4O/c9-5-7-10-8(12-11-7)6-3-1-2-4-13-6/h6H,1-5,9H2,(H,10,11,12). The normalized spacial score (nSPS) is 23.3. The lowest BCUT2D eigenvalue weighted by Gasteiger charge is -2.19. The van der Waals surface area contributed by atoms with Gasteiger partial charge in [-0.2, -0.15) is 5.10 Å². The van der Waals surface area contributed by atoms with Crippen LogP contribution in [0.1, 0.15) is 37.0 Å². The fraction of sp³-hybridized carbons (Fsp3) is 0.750. The van der Waals surface area contributed by atoms with Crippen LogP contribution in [-0.4, -0.2) is 21.8 Å². The van der Waals surface area contributed by atoms with E-state index in [1.807, 2.05) is 0 Å². The Morgan fingerprint density at radius 3 is 3.08 bits per heavy atom. The van der Waals surface area contributed by atoms with Crippen molar-refractivity contribution in [3.05, 3.63) is 11.6 Å². The maximum atomic E-state index is 5.54. The van der Waals surface area contributed by atoms with Crippen molar-refractivity contribution in [2.24, 2.45) is 5.73 Å². The molecule has 1 aliphatic rings. The molecule has 0 saturated carbocycles. The van der Waals surface area contributed by atoms with E-state index in [9.17, 15) is 0 Å². The Morgan fingerprint density at radius 2 is 2.46 bits per heavy atom. The first-order valence-electron chi connectivity index (χ1n) is 4.63. The minimum atomic E-state index is 0.0744. The van der Waals surface area contributed by atoms with E-state index in [4.69, 9.17) is 10.5 Å². The van der Waals surface area contributed by atoms with Crippen LogP contribution in [0.2, 0.25) is 0 Å². The summed E-state index contributed by atoms with van der Waals surface area (Å²) in [7, 11) is 0. The topological polar surface area (TPSA) is 76.8 Å². The minimum Gasteiger partial charge on any atom is -0.370 e. The SMILES string of the molecule is NCc1nc(C2CCCCO2)n[nH]1. The van der Waals surface area contributed by atoms with Gasteiger partial charge in [-0.1, -0.05) is 0 Å². The highest BCUT2D eigenvalue weighted by Gasteiger charge is 2.19. The van der Waals surface area contributed by atoms with Crippen LogP contribution in [0.5, 0.6) is 0 Å². The van der Waals surface area contributed by atoms with E-state index >= 15 is 0 Å². The first kappa shape index (κ1) is 8.65. The second-order valence-corrected chi connectivity index (χ2v) is 3.20. The molecule has 1 saturated heterocycles. The second-order valence-electron chi connectivity index (χ2n) is 3.20. The number of aromatic nitrogens is 3. The molecule has 1 aliphatic heterocycles. The summed E-state index contributed by atoms with van der Waals surface area (Å²) in [5.74, 6) is 1.48. The van der Waals surface area contributed by atoms with Crippen LogP contribution in [0.3, 0.4) is 0 Å². The zero-order valence-corrected chi connectivity index (χ0v) is 7.49. The third-order valence-corrected chi connectivity index (χ3v) is 2.21. The van der Waals surface area contributed by atoms with E-state index in [1.54, 1.807) is 0 Å². The molecule has 1 unspecified atom stereocenters. The summed E-state index contributed by atoms with van der Waals surface area (Å²) in [4.78, 5) is 4.24. The highest BCUT2D eigenvalue weighted by molar-refractivity contribution is 4.94. The van der Waals surface area contributed by atoms with E-state index in [2.05, 4.69) is 15.2 Å². The monoisotopic (exact) mass is 182 g/mol. The van der Waals surface area contributed by atoms with Crippen LogP contribution >= 0.6 is 0 Å². The van der Waals surface area contributed by atoms with Gasteiger partial charge in [0.1, 0.15) is 11.9 Å². The Hall–Kier alpha value is -0.940. The molecular weight excluding hydrogens is 168 g/mol. The van der Waals surface area contributed by atoms with Crippen LogP contribution in [0, 0.1) is 0 Å². The van der Waals surface area contributed by atoms with Crippen LogP contribution < -0.4 is 5.73 Å². The molecule has 1 atom stereocenters. The maximum absolute atomic E-state index is 5.54. The predicted molar refractivity (Wildman–Crippen MR) is 46.8 cm³/mol. The molecule has 1 aromatic heterocycles. The van der Waals surface area contributed by atoms with Gasteiger partial charge in [-0.15, -0.1) is 0 Å². The third kappa shape index (κ3) is 1.87. The van der Waals surface area contributed by atoms with E-state index in [0.29, 0.717) is 6.54 Å². The number of aromatic amines is 1. The molecular formula is C8H14N4O. The number of hydrogen-bond acceptors (Lipinski definition) is 4. The van der Waals surface area contributed by atoms with Crippen molar-refractivity contribution in [2.45, 2.75) is 31.9 Å². The molecule has 0 bridgehead atoms. The quantitative estimate of drug-likeness (QED) is 0.698. The molecule has 0 amide bonds. The average molecular weight is 182 g/mol. The van der Waals surface area contributed by atoms with E-state index in [0.717, 1.165) is 31.1 Å². The lowest BCUT2D eigenvalue weighted by Crippen LogP contribution is -2.13. The smallest absolute Gasteiger partial charge is 0.179 e. The summed E-state index contributed by atoms with van der Waals surface area (Å²) in [6.45, 7) is 1.22. The molecule has 0 spiro atoms. The van der Waals surface area contributed by atoms with E-state index in [1.165, 1.54) is 6.42 Å². The first-order valence-corrected chi connectivity index (χ1v) is 4.63. The molecule has 0 radical (unpaired) electrons. The Labute approximate surface area is 76.7 Å². The predicted octanol–water partition coefficient (Wildman–Crippen LogP) is 0.505. The Kier molecular flexibility index (Phi) is 2.56. The summed E-state index contributed by atoms with van der Waals surface area (Å²) in [5.41, 5.74) is 5.42. The summed E-state index contributed by atoms with van der Waals surface area (Å²) < 4.78 is 5.54. The largest absolute Gasteiger partial charge is 0.370 e. The Balaban J connectivity index is 2.05. The summed E-state index contributed by atoms with van der Waals surface area (Å²) in [6.07, 6.45) is 3.43. The van der Waals surface area contributed by atoms with Gasteiger partial charge in [0.05, 0.1) is 6.54 Å². The van der Waals surface area contributed by atoms with Gasteiger partial charge in [0, 0.05) is 6.61 Å². The third-order valence-electron chi connectivity index (χ3n) is 2.21. The Morgan fingerprint density at radius 1 is 1.54 bits per heavy atom. The van der Waals surface area contributed by atoms with Crippen LogP contribution in [0.25, 0.3) is 0 Å². The van der Waals surface area contributed by atoms with Crippen molar-refractivity contribution in [3.8, 4) is 0 Å². The summed E-state index contributed by atoms with van der Waals surface area (Å²) in [6, 6.07) is 0. The zero-order valence-electron chi connectivity index (χ0n) is 7.49. The number of H-pyrrole nitrogens is 1. The van der Waals surface area contributed by atoms with E-state index in [-0.39, 0.29) is 6.10 Å². The fourth-order valence-electron chi connectivity index (χ4n) is 1.49. The van der Waals surface area contributed by atoms with Crippen molar-refractivity contribution in [1.82, 2.24) is 15.2 Å². The van der Waals surface area contributed by atoms with Crippen molar-refractivity contribution >= 4 is 0 Å². The maximum Gasteiger partial charge on any atom is 0.179 e. The van der Waals surface area contributed by atoms with Gasteiger partial charge in [-0.05, 0) is 19.3 Å². The van der Waals surface area contributed by atoms with Crippen LogP contribution in [-0.2, 0) is 11.3 Å². The average Bonchev–Trinajstić information content (AvgIpc) is 2.67. The van der Waals surface area contributed by atoms with Gasteiger partial charge < -0.3 is 10.5 Å². The van der Waals surface area contributed by atoms with Crippen LogP contribution in [0.15, 0.2) is 0 Å². The van der Waals surface area contributed by atoms with Gasteiger partial charge >= 0.3 is 0 Å².